The first-order valence-electron chi connectivity index (χ1n) is 7.36. The van der Waals surface area contributed by atoms with Gasteiger partial charge >= 0.3 is 12.1 Å². The van der Waals surface area contributed by atoms with E-state index in [1.807, 2.05) is 0 Å². The van der Waals surface area contributed by atoms with E-state index < -0.39 is 17.7 Å². The normalized spacial score (nSPS) is 11.0. The van der Waals surface area contributed by atoms with Crippen LogP contribution in [0.25, 0.3) is 0 Å². The van der Waals surface area contributed by atoms with E-state index in [-0.39, 0.29) is 36.9 Å². The summed E-state index contributed by atoms with van der Waals surface area (Å²) in [7, 11) is 0. The predicted molar refractivity (Wildman–Crippen MR) is 82.4 cm³/mol. The molecule has 1 aromatic rings. The van der Waals surface area contributed by atoms with Gasteiger partial charge in [0.1, 0.15) is 17.0 Å². The summed E-state index contributed by atoms with van der Waals surface area (Å²) in [6, 6.07) is 1.38. The number of carbonyl (C=O) groups is 3. The van der Waals surface area contributed by atoms with Crippen molar-refractivity contribution in [1.82, 2.24) is 15.1 Å². The van der Waals surface area contributed by atoms with Gasteiger partial charge in [-0.05, 0) is 27.7 Å². The van der Waals surface area contributed by atoms with Crippen molar-refractivity contribution in [1.29, 1.82) is 0 Å². The first kappa shape index (κ1) is 18.7. The number of nitrogens with zero attached hydrogens (tertiary/aromatic N) is 2. The van der Waals surface area contributed by atoms with Gasteiger partial charge in [0, 0.05) is 19.5 Å². The second-order valence-electron chi connectivity index (χ2n) is 5.84. The molecule has 0 aliphatic heterocycles. The SMILES string of the molecule is CCOC(=O)c1cc(C(C)=O)nn1CCNC(=O)OC(C)(C)C. The van der Waals surface area contributed by atoms with Crippen molar-refractivity contribution in [3.63, 3.8) is 0 Å². The number of rotatable bonds is 6. The summed E-state index contributed by atoms with van der Waals surface area (Å²) in [5, 5.41) is 6.62. The maximum Gasteiger partial charge on any atom is 0.407 e. The van der Waals surface area contributed by atoms with Crippen LogP contribution in [0.5, 0.6) is 0 Å². The molecule has 0 atom stereocenters. The van der Waals surface area contributed by atoms with Crippen LogP contribution in [0, 0.1) is 0 Å². The number of Topliss-reactive ketones (excluding diaryl/α,β-unsaturated/α-hetero) is 1. The van der Waals surface area contributed by atoms with Crippen LogP contribution in [0.3, 0.4) is 0 Å². The third kappa shape index (κ3) is 6.09. The molecule has 23 heavy (non-hydrogen) atoms. The molecule has 1 heterocycles. The molecular weight excluding hydrogens is 302 g/mol. The van der Waals surface area contributed by atoms with E-state index >= 15 is 0 Å². The second-order valence-corrected chi connectivity index (χ2v) is 5.84. The molecule has 0 unspecified atom stereocenters. The molecule has 1 N–H and O–H groups in total. The maximum absolute atomic E-state index is 11.9. The van der Waals surface area contributed by atoms with E-state index in [0.29, 0.717) is 0 Å². The van der Waals surface area contributed by atoms with Crippen molar-refractivity contribution < 1.29 is 23.9 Å². The van der Waals surface area contributed by atoms with Gasteiger partial charge in [-0.15, -0.1) is 0 Å². The van der Waals surface area contributed by atoms with E-state index in [0.717, 1.165) is 0 Å². The van der Waals surface area contributed by atoms with Crippen molar-refractivity contribution in [2.75, 3.05) is 13.2 Å². The van der Waals surface area contributed by atoms with E-state index in [1.54, 1.807) is 27.7 Å². The Labute approximate surface area is 135 Å². The first-order valence-corrected chi connectivity index (χ1v) is 7.36. The van der Waals surface area contributed by atoms with Crippen LogP contribution in [0.1, 0.15) is 55.6 Å². The van der Waals surface area contributed by atoms with Crippen molar-refractivity contribution in [3.05, 3.63) is 17.5 Å². The zero-order valence-electron chi connectivity index (χ0n) is 14.1. The quantitative estimate of drug-likeness (QED) is 0.632. The predicted octanol–water partition coefficient (Wildman–Crippen LogP) is 1.79. The second kappa shape index (κ2) is 7.75. The molecule has 0 aliphatic rings. The number of ketones is 1. The number of carbonyl (C=O) groups excluding carboxylic acids is 3. The van der Waals surface area contributed by atoms with Crippen LogP contribution in [-0.4, -0.2) is 46.4 Å². The lowest BCUT2D eigenvalue weighted by Crippen LogP contribution is -2.34. The molecule has 1 amide bonds. The standard InChI is InChI=1S/C15H23N3O5/c1-6-22-13(20)12-9-11(10(2)19)17-18(12)8-7-16-14(21)23-15(3,4)5/h9H,6-8H2,1-5H3,(H,16,21). The van der Waals surface area contributed by atoms with Gasteiger partial charge in [0.05, 0.1) is 13.2 Å². The highest BCUT2D eigenvalue weighted by atomic mass is 16.6. The van der Waals surface area contributed by atoms with Crippen molar-refractivity contribution in [2.45, 2.75) is 46.8 Å². The number of ether oxygens (including phenoxy) is 2. The molecule has 0 radical (unpaired) electrons. The van der Waals surface area contributed by atoms with Crippen molar-refractivity contribution in [3.8, 4) is 0 Å². The molecular formula is C15H23N3O5. The number of amides is 1. The maximum atomic E-state index is 11.9. The van der Waals surface area contributed by atoms with Gasteiger partial charge in [-0.1, -0.05) is 0 Å². The van der Waals surface area contributed by atoms with Crippen LogP contribution in [0.15, 0.2) is 6.07 Å². The molecule has 0 saturated carbocycles. The van der Waals surface area contributed by atoms with E-state index in [1.165, 1.54) is 17.7 Å². The molecule has 1 rings (SSSR count). The molecule has 0 fully saturated rings. The Balaban J connectivity index is 2.73. The van der Waals surface area contributed by atoms with Gasteiger partial charge in [0.25, 0.3) is 0 Å². The Hall–Kier alpha value is -2.38. The molecule has 0 saturated heterocycles. The summed E-state index contributed by atoms with van der Waals surface area (Å²) >= 11 is 0. The minimum Gasteiger partial charge on any atom is -0.461 e. The van der Waals surface area contributed by atoms with Crippen LogP contribution in [-0.2, 0) is 16.0 Å². The zero-order chi connectivity index (χ0) is 17.6. The highest BCUT2D eigenvalue weighted by Gasteiger charge is 2.19. The Bertz CT molecular complexity index is 586. The van der Waals surface area contributed by atoms with Crippen LogP contribution >= 0.6 is 0 Å². The fraction of sp³-hybridized carbons (Fsp3) is 0.600. The highest BCUT2D eigenvalue weighted by Crippen LogP contribution is 2.08. The summed E-state index contributed by atoms with van der Waals surface area (Å²) in [5.41, 5.74) is -0.249. The lowest BCUT2D eigenvalue weighted by molar-refractivity contribution is 0.0511. The van der Waals surface area contributed by atoms with Crippen LogP contribution in [0.4, 0.5) is 4.79 Å². The Morgan fingerprint density at radius 1 is 1.30 bits per heavy atom. The summed E-state index contributed by atoms with van der Waals surface area (Å²) < 4.78 is 11.4. The van der Waals surface area contributed by atoms with Gasteiger partial charge in [-0.25, -0.2) is 9.59 Å². The van der Waals surface area contributed by atoms with Crippen LogP contribution in [0.2, 0.25) is 0 Å². The minimum absolute atomic E-state index is 0.169. The van der Waals surface area contributed by atoms with Gasteiger partial charge in [0.15, 0.2) is 5.78 Å². The number of hydrogen-bond donors (Lipinski definition) is 1. The first-order chi connectivity index (χ1) is 10.6. The van der Waals surface area contributed by atoms with E-state index in [4.69, 9.17) is 9.47 Å². The molecule has 0 bridgehead atoms. The molecule has 1 aromatic heterocycles. The fourth-order valence-electron chi connectivity index (χ4n) is 1.71. The summed E-state index contributed by atoms with van der Waals surface area (Å²) in [6.45, 7) is 8.96. The third-order valence-electron chi connectivity index (χ3n) is 2.62. The molecule has 0 aromatic carbocycles. The van der Waals surface area contributed by atoms with Gasteiger partial charge in [-0.3, -0.25) is 9.48 Å². The number of alkyl carbamates (subject to hydrolysis) is 1. The summed E-state index contributed by atoms with van der Waals surface area (Å²) in [5.74, 6) is -0.820. The van der Waals surface area contributed by atoms with Crippen molar-refractivity contribution >= 4 is 17.8 Å². The average molecular weight is 325 g/mol. The topological polar surface area (TPSA) is 99.5 Å². The third-order valence-corrected chi connectivity index (χ3v) is 2.62. The molecule has 8 nitrogen and oxygen atoms in total. The largest absolute Gasteiger partial charge is 0.461 e. The Morgan fingerprint density at radius 2 is 1.96 bits per heavy atom. The van der Waals surface area contributed by atoms with E-state index in [2.05, 4.69) is 10.4 Å². The Kier molecular flexibility index (Phi) is 6.29. The number of hydrogen-bond acceptors (Lipinski definition) is 6. The fourth-order valence-corrected chi connectivity index (χ4v) is 1.71. The molecule has 0 aliphatic carbocycles. The van der Waals surface area contributed by atoms with Gasteiger partial charge in [-0.2, -0.15) is 5.10 Å². The van der Waals surface area contributed by atoms with Crippen LogP contribution < -0.4 is 5.32 Å². The highest BCUT2D eigenvalue weighted by molar-refractivity contribution is 5.95. The summed E-state index contributed by atoms with van der Waals surface area (Å²) in [4.78, 5) is 34.9. The zero-order valence-corrected chi connectivity index (χ0v) is 14.1. The number of aromatic nitrogens is 2. The number of nitrogens with one attached hydrogen (secondary N) is 1. The Morgan fingerprint density at radius 3 is 2.48 bits per heavy atom. The average Bonchev–Trinajstić information content (AvgIpc) is 2.81. The molecule has 128 valence electrons. The summed E-state index contributed by atoms with van der Waals surface area (Å²) in [6.07, 6.45) is -0.561. The molecule has 8 heteroatoms. The van der Waals surface area contributed by atoms with Gasteiger partial charge < -0.3 is 14.8 Å². The molecule has 0 spiro atoms. The lowest BCUT2D eigenvalue weighted by Gasteiger charge is -2.19. The number of esters is 1. The van der Waals surface area contributed by atoms with E-state index in [9.17, 15) is 14.4 Å². The van der Waals surface area contributed by atoms with Crippen molar-refractivity contribution in [2.24, 2.45) is 0 Å². The smallest absolute Gasteiger partial charge is 0.407 e. The lowest BCUT2D eigenvalue weighted by atomic mass is 10.2. The van der Waals surface area contributed by atoms with Gasteiger partial charge in [0.2, 0.25) is 0 Å². The minimum atomic E-state index is -0.590. The monoisotopic (exact) mass is 325 g/mol.